The first-order valence-corrected chi connectivity index (χ1v) is 7.16. The van der Waals surface area contributed by atoms with E-state index in [0.717, 1.165) is 37.2 Å². The molecule has 0 amide bonds. The van der Waals surface area contributed by atoms with Crippen LogP contribution in [0.5, 0.6) is 5.75 Å². The van der Waals surface area contributed by atoms with E-state index in [-0.39, 0.29) is 5.79 Å². The van der Waals surface area contributed by atoms with E-state index in [4.69, 9.17) is 19.9 Å². The highest BCUT2D eigenvalue weighted by Crippen LogP contribution is 2.35. The van der Waals surface area contributed by atoms with Gasteiger partial charge in [-0.05, 0) is 11.6 Å². The molecule has 2 aliphatic heterocycles. The first-order valence-electron chi connectivity index (χ1n) is 7.16. The molecule has 0 bridgehead atoms. The summed E-state index contributed by atoms with van der Waals surface area (Å²) in [6.45, 7) is 3.80. The zero-order chi connectivity index (χ0) is 14.0. The van der Waals surface area contributed by atoms with Crippen molar-refractivity contribution in [2.45, 2.75) is 25.2 Å². The van der Waals surface area contributed by atoms with Gasteiger partial charge in [-0.1, -0.05) is 6.07 Å². The quantitative estimate of drug-likeness (QED) is 0.908. The Morgan fingerprint density at radius 3 is 2.55 bits per heavy atom. The summed E-state index contributed by atoms with van der Waals surface area (Å²) in [4.78, 5) is 2.35. The van der Waals surface area contributed by atoms with E-state index in [9.17, 15) is 0 Å². The first kappa shape index (κ1) is 13.7. The van der Waals surface area contributed by atoms with Gasteiger partial charge in [-0.2, -0.15) is 0 Å². The Kier molecular flexibility index (Phi) is 3.83. The van der Waals surface area contributed by atoms with E-state index in [0.29, 0.717) is 19.8 Å². The van der Waals surface area contributed by atoms with Crippen LogP contribution in [0.3, 0.4) is 0 Å². The van der Waals surface area contributed by atoms with Crippen LogP contribution in [-0.4, -0.2) is 39.2 Å². The predicted octanol–water partition coefficient (Wildman–Crippen LogP) is 1.50. The number of methoxy groups -OCH3 is 1. The summed E-state index contributed by atoms with van der Waals surface area (Å²) in [7, 11) is 1.69. The monoisotopic (exact) mass is 278 g/mol. The zero-order valence-corrected chi connectivity index (χ0v) is 11.9. The lowest BCUT2D eigenvalue weighted by molar-refractivity contribution is -0.169. The molecular weight excluding hydrogens is 256 g/mol. The van der Waals surface area contributed by atoms with E-state index in [1.54, 1.807) is 7.11 Å². The number of benzene rings is 1. The minimum atomic E-state index is -0.335. The van der Waals surface area contributed by atoms with Gasteiger partial charge in [0.05, 0.1) is 20.3 Å². The van der Waals surface area contributed by atoms with E-state index < -0.39 is 0 Å². The lowest BCUT2D eigenvalue weighted by Gasteiger charge is -2.39. The molecule has 2 heterocycles. The molecular formula is C15H22N2O3. The Morgan fingerprint density at radius 1 is 1.25 bits per heavy atom. The summed E-state index contributed by atoms with van der Waals surface area (Å²) in [6, 6.07) is 6.07. The summed E-state index contributed by atoms with van der Waals surface area (Å²) in [5.41, 5.74) is 8.16. The maximum absolute atomic E-state index is 5.85. The van der Waals surface area contributed by atoms with Gasteiger partial charge in [0, 0.05) is 44.2 Å². The van der Waals surface area contributed by atoms with E-state index in [1.165, 1.54) is 5.69 Å². The highest BCUT2D eigenvalue weighted by atomic mass is 16.7. The number of nitrogens with two attached hydrogens (primary N) is 1. The van der Waals surface area contributed by atoms with Gasteiger partial charge in [0.25, 0.3) is 0 Å². The SMILES string of the molecule is COc1ccc(CN)c(N2CCC3(CC2)OCCO3)c1. The fraction of sp³-hybridized carbons (Fsp3) is 0.600. The van der Waals surface area contributed by atoms with Crippen LogP contribution < -0.4 is 15.4 Å². The molecule has 3 rings (SSSR count). The number of nitrogens with zero attached hydrogens (tertiary/aromatic N) is 1. The highest BCUT2D eigenvalue weighted by Gasteiger charge is 2.40. The predicted molar refractivity (Wildman–Crippen MR) is 77.0 cm³/mol. The summed E-state index contributed by atoms with van der Waals surface area (Å²) >= 11 is 0. The van der Waals surface area contributed by atoms with Crippen molar-refractivity contribution < 1.29 is 14.2 Å². The molecule has 0 aromatic heterocycles. The van der Waals surface area contributed by atoms with Crippen LogP contribution in [0.4, 0.5) is 5.69 Å². The number of rotatable bonds is 3. The van der Waals surface area contributed by atoms with Gasteiger partial charge in [0.2, 0.25) is 0 Å². The van der Waals surface area contributed by atoms with Crippen molar-refractivity contribution in [2.24, 2.45) is 5.73 Å². The first-order chi connectivity index (χ1) is 9.76. The van der Waals surface area contributed by atoms with Gasteiger partial charge in [-0.15, -0.1) is 0 Å². The van der Waals surface area contributed by atoms with E-state index in [2.05, 4.69) is 11.0 Å². The van der Waals surface area contributed by atoms with Crippen molar-refractivity contribution in [3.63, 3.8) is 0 Å². The molecule has 20 heavy (non-hydrogen) atoms. The van der Waals surface area contributed by atoms with E-state index >= 15 is 0 Å². The topological polar surface area (TPSA) is 57.0 Å². The lowest BCUT2D eigenvalue weighted by atomic mass is 10.0. The Morgan fingerprint density at radius 2 is 1.95 bits per heavy atom. The van der Waals surface area contributed by atoms with Gasteiger partial charge < -0.3 is 24.8 Å². The van der Waals surface area contributed by atoms with Gasteiger partial charge in [-0.3, -0.25) is 0 Å². The Bertz CT molecular complexity index is 462. The fourth-order valence-electron chi connectivity index (χ4n) is 3.01. The third-order valence-electron chi connectivity index (χ3n) is 4.19. The van der Waals surface area contributed by atoms with Crippen LogP contribution in [0.15, 0.2) is 18.2 Å². The lowest BCUT2D eigenvalue weighted by Crippen LogP contribution is -2.45. The third-order valence-corrected chi connectivity index (χ3v) is 4.19. The molecule has 0 atom stereocenters. The molecule has 2 saturated heterocycles. The maximum atomic E-state index is 5.85. The smallest absolute Gasteiger partial charge is 0.171 e. The largest absolute Gasteiger partial charge is 0.497 e. The second-order valence-electron chi connectivity index (χ2n) is 5.29. The third kappa shape index (κ3) is 2.49. The molecule has 5 heteroatoms. The number of hydrogen-bond acceptors (Lipinski definition) is 5. The average Bonchev–Trinajstić information content (AvgIpc) is 2.95. The summed E-state index contributed by atoms with van der Waals surface area (Å²) in [5, 5.41) is 0. The van der Waals surface area contributed by atoms with E-state index in [1.807, 2.05) is 12.1 Å². The van der Waals surface area contributed by atoms with Crippen LogP contribution in [0, 0.1) is 0 Å². The minimum absolute atomic E-state index is 0.335. The second-order valence-corrected chi connectivity index (χ2v) is 5.29. The molecule has 1 spiro atoms. The highest BCUT2D eigenvalue weighted by molar-refractivity contribution is 5.57. The van der Waals surface area contributed by atoms with Gasteiger partial charge >= 0.3 is 0 Å². The van der Waals surface area contributed by atoms with Crippen molar-refractivity contribution in [1.82, 2.24) is 0 Å². The van der Waals surface area contributed by atoms with Crippen molar-refractivity contribution in [1.29, 1.82) is 0 Å². The van der Waals surface area contributed by atoms with Gasteiger partial charge in [-0.25, -0.2) is 0 Å². The number of ether oxygens (including phenoxy) is 3. The summed E-state index contributed by atoms with van der Waals surface area (Å²) < 4.78 is 16.9. The molecule has 110 valence electrons. The Labute approximate surface area is 119 Å². The fourth-order valence-corrected chi connectivity index (χ4v) is 3.01. The van der Waals surface area contributed by atoms with Crippen molar-refractivity contribution in [2.75, 3.05) is 38.3 Å². The molecule has 2 fully saturated rings. The van der Waals surface area contributed by atoms with Crippen LogP contribution in [0.25, 0.3) is 0 Å². The molecule has 5 nitrogen and oxygen atoms in total. The number of hydrogen-bond donors (Lipinski definition) is 1. The molecule has 0 radical (unpaired) electrons. The van der Waals surface area contributed by atoms with Crippen molar-refractivity contribution in [3.8, 4) is 5.75 Å². The summed E-state index contributed by atoms with van der Waals surface area (Å²) in [6.07, 6.45) is 1.79. The Hall–Kier alpha value is -1.30. The second kappa shape index (κ2) is 5.60. The number of piperidine rings is 1. The average molecular weight is 278 g/mol. The molecule has 0 saturated carbocycles. The van der Waals surface area contributed by atoms with Gasteiger partial charge in [0.1, 0.15) is 5.75 Å². The summed E-state index contributed by atoms with van der Waals surface area (Å²) in [5.74, 6) is 0.531. The van der Waals surface area contributed by atoms with Gasteiger partial charge in [0.15, 0.2) is 5.79 Å². The van der Waals surface area contributed by atoms with Crippen LogP contribution in [0.1, 0.15) is 18.4 Å². The molecule has 1 aromatic carbocycles. The minimum Gasteiger partial charge on any atom is -0.497 e. The number of anilines is 1. The van der Waals surface area contributed by atoms with Crippen molar-refractivity contribution in [3.05, 3.63) is 23.8 Å². The van der Waals surface area contributed by atoms with Crippen LogP contribution in [0.2, 0.25) is 0 Å². The molecule has 0 aliphatic carbocycles. The maximum Gasteiger partial charge on any atom is 0.171 e. The standard InChI is InChI=1S/C15H22N2O3/c1-18-13-3-2-12(11-16)14(10-13)17-6-4-15(5-7-17)19-8-9-20-15/h2-3,10H,4-9,11,16H2,1H3. The molecule has 2 N–H and O–H groups in total. The zero-order valence-electron chi connectivity index (χ0n) is 11.9. The molecule has 0 unspecified atom stereocenters. The Balaban J connectivity index is 1.76. The molecule has 1 aromatic rings. The van der Waals surface area contributed by atoms with Crippen LogP contribution >= 0.6 is 0 Å². The van der Waals surface area contributed by atoms with Crippen LogP contribution in [-0.2, 0) is 16.0 Å². The normalized spacial score (nSPS) is 21.4. The molecule has 2 aliphatic rings. The van der Waals surface area contributed by atoms with Crippen molar-refractivity contribution >= 4 is 5.69 Å².